The second-order valence-corrected chi connectivity index (χ2v) is 8.19. The monoisotopic (exact) mass is 459 g/mol. The molecule has 1 N–H and O–H groups in total. The van der Waals surface area contributed by atoms with Crippen LogP contribution >= 0.6 is 11.6 Å². The molecule has 33 heavy (non-hydrogen) atoms. The molecule has 0 radical (unpaired) electrons. The van der Waals surface area contributed by atoms with Crippen molar-refractivity contribution in [3.05, 3.63) is 95.0 Å². The number of rotatable bonds is 9. The van der Waals surface area contributed by atoms with Gasteiger partial charge in [-0.2, -0.15) is 5.10 Å². The molecule has 7 heteroatoms. The molecular formula is C26H26ClN5O. The lowest BCUT2D eigenvalue weighted by Crippen LogP contribution is -2.24. The van der Waals surface area contributed by atoms with Gasteiger partial charge in [0, 0.05) is 36.5 Å². The molecule has 0 saturated carbocycles. The van der Waals surface area contributed by atoms with E-state index in [2.05, 4.69) is 44.6 Å². The minimum atomic E-state index is -0.0987. The van der Waals surface area contributed by atoms with Crippen molar-refractivity contribution < 1.29 is 4.79 Å². The van der Waals surface area contributed by atoms with Crippen molar-refractivity contribution in [2.45, 2.75) is 32.6 Å². The summed E-state index contributed by atoms with van der Waals surface area (Å²) in [6, 6.07) is 19.6. The van der Waals surface area contributed by atoms with Crippen molar-refractivity contribution in [3.63, 3.8) is 0 Å². The Bertz CT molecular complexity index is 1220. The van der Waals surface area contributed by atoms with Crippen molar-refractivity contribution in [3.8, 4) is 17.1 Å². The number of hydrogen-bond acceptors (Lipinski definition) is 4. The Morgan fingerprint density at radius 2 is 1.88 bits per heavy atom. The van der Waals surface area contributed by atoms with E-state index < -0.39 is 0 Å². The zero-order valence-corrected chi connectivity index (χ0v) is 19.3. The Hall–Kier alpha value is -3.51. The number of unbranched alkanes of at least 4 members (excludes halogenated alkanes) is 1. The molecule has 0 fully saturated rings. The molecule has 2 heterocycles. The molecule has 0 atom stereocenters. The number of nitrogens with one attached hydrogen (secondary N) is 1. The van der Waals surface area contributed by atoms with Crippen LogP contribution in [0.2, 0.25) is 5.02 Å². The third-order valence-electron chi connectivity index (χ3n) is 5.30. The van der Waals surface area contributed by atoms with Crippen LogP contribution in [-0.2, 0) is 12.8 Å². The van der Waals surface area contributed by atoms with E-state index >= 15 is 0 Å². The number of aromatic nitrogens is 4. The van der Waals surface area contributed by atoms with Crippen LogP contribution in [0.1, 0.15) is 41.5 Å². The Balaban J connectivity index is 1.44. The molecule has 2 aromatic carbocycles. The summed E-state index contributed by atoms with van der Waals surface area (Å²) in [6.45, 7) is 2.64. The van der Waals surface area contributed by atoms with Crippen molar-refractivity contribution in [1.82, 2.24) is 25.1 Å². The number of amides is 1. The van der Waals surface area contributed by atoms with Gasteiger partial charge in [0.25, 0.3) is 5.91 Å². The molecule has 0 saturated heterocycles. The van der Waals surface area contributed by atoms with E-state index in [1.54, 1.807) is 29.2 Å². The minimum absolute atomic E-state index is 0.0987. The van der Waals surface area contributed by atoms with E-state index in [0.29, 0.717) is 35.2 Å². The van der Waals surface area contributed by atoms with Crippen LogP contribution in [0.4, 0.5) is 0 Å². The van der Waals surface area contributed by atoms with Gasteiger partial charge in [0.2, 0.25) is 0 Å². The number of aryl methyl sites for hydroxylation is 2. The second-order valence-electron chi connectivity index (χ2n) is 7.76. The maximum atomic E-state index is 12.7. The van der Waals surface area contributed by atoms with Crippen LogP contribution in [0.5, 0.6) is 0 Å². The largest absolute Gasteiger partial charge is 0.352 e. The highest BCUT2D eigenvalue weighted by Crippen LogP contribution is 2.23. The standard InChI is InChI=1S/C26H26ClN5O/c1-2-24-30-25(21-15-22(27)18-28-17-21)32(31-24)23-13-8-12-20(16-23)26(33)29-14-7-6-11-19-9-4-3-5-10-19/h3-5,8-10,12-13,15-18H,2,6-7,11,14H2,1H3,(H,29,33). The first-order valence-electron chi connectivity index (χ1n) is 11.1. The van der Waals surface area contributed by atoms with Gasteiger partial charge in [0.05, 0.1) is 10.7 Å². The van der Waals surface area contributed by atoms with Gasteiger partial charge in [-0.1, -0.05) is 54.9 Å². The maximum Gasteiger partial charge on any atom is 0.251 e. The summed E-state index contributed by atoms with van der Waals surface area (Å²) in [5.41, 5.74) is 3.43. The van der Waals surface area contributed by atoms with E-state index in [1.165, 1.54) is 5.56 Å². The molecule has 0 spiro atoms. The summed E-state index contributed by atoms with van der Waals surface area (Å²) in [7, 11) is 0. The van der Waals surface area contributed by atoms with Gasteiger partial charge in [0.15, 0.2) is 11.6 Å². The lowest BCUT2D eigenvalue weighted by molar-refractivity contribution is 0.0953. The number of pyridine rings is 1. The van der Waals surface area contributed by atoms with Gasteiger partial charge in [-0.25, -0.2) is 9.67 Å². The first-order valence-corrected chi connectivity index (χ1v) is 11.5. The third-order valence-corrected chi connectivity index (χ3v) is 5.51. The first-order chi connectivity index (χ1) is 16.1. The highest BCUT2D eigenvalue weighted by molar-refractivity contribution is 6.30. The summed E-state index contributed by atoms with van der Waals surface area (Å²) >= 11 is 6.13. The van der Waals surface area contributed by atoms with Crippen molar-refractivity contribution in [2.24, 2.45) is 0 Å². The summed E-state index contributed by atoms with van der Waals surface area (Å²) in [4.78, 5) is 21.5. The number of benzene rings is 2. The molecule has 0 aliphatic carbocycles. The minimum Gasteiger partial charge on any atom is -0.352 e. The van der Waals surface area contributed by atoms with Crippen molar-refractivity contribution in [2.75, 3.05) is 6.54 Å². The van der Waals surface area contributed by atoms with E-state index in [1.807, 2.05) is 31.2 Å². The third kappa shape index (κ3) is 5.84. The van der Waals surface area contributed by atoms with Crippen LogP contribution in [0.3, 0.4) is 0 Å². The SMILES string of the molecule is CCc1nc(-c2cncc(Cl)c2)n(-c2cccc(C(=O)NCCCCc3ccccc3)c2)n1. The number of halogens is 1. The van der Waals surface area contributed by atoms with Crippen LogP contribution < -0.4 is 5.32 Å². The molecule has 0 aliphatic rings. The molecule has 0 aliphatic heterocycles. The number of carbonyl (C=O) groups is 1. The Labute approximate surface area is 198 Å². The van der Waals surface area contributed by atoms with E-state index in [-0.39, 0.29) is 5.91 Å². The Kier molecular flexibility index (Phi) is 7.47. The summed E-state index contributed by atoms with van der Waals surface area (Å²) in [5, 5.41) is 8.17. The summed E-state index contributed by atoms with van der Waals surface area (Å²) < 4.78 is 1.74. The van der Waals surface area contributed by atoms with Gasteiger partial charge >= 0.3 is 0 Å². The molecular weight excluding hydrogens is 434 g/mol. The first kappa shape index (κ1) is 22.7. The average Bonchev–Trinajstić information content (AvgIpc) is 3.29. The predicted molar refractivity (Wildman–Crippen MR) is 131 cm³/mol. The van der Waals surface area contributed by atoms with Gasteiger partial charge in [0.1, 0.15) is 0 Å². The fourth-order valence-corrected chi connectivity index (χ4v) is 3.76. The van der Waals surface area contributed by atoms with Crippen LogP contribution in [0.15, 0.2) is 73.1 Å². The van der Waals surface area contributed by atoms with E-state index in [0.717, 1.165) is 30.5 Å². The Morgan fingerprint density at radius 1 is 1.03 bits per heavy atom. The smallest absolute Gasteiger partial charge is 0.251 e. The number of nitrogens with zero attached hydrogens (tertiary/aromatic N) is 4. The maximum absolute atomic E-state index is 12.7. The van der Waals surface area contributed by atoms with Crippen molar-refractivity contribution >= 4 is 17.5 Å². The molecule has 6 nitrogen and oxygen atoms in total. The number of carbonyl (C=O) groups excluding carboxylic acids is 1. The normalized spacial score (nSPS) is 10.8. The highest BCUT2D eigenvalue weighted by atomic mass is 35.5. The topological polar surface area (TPSA) is 72.7 Å². The fraction of sp³-hybridized carbons (Fsp3) is 0.231. The Morgan fingerprint density at radius 3 is 2.67 bits per heavy atom. The highest BCUT2D eigenvalue weighted by Gasteiger charge is 2.15. The van der Waals surface area contributed by atoms with Crippen molar-refractivity contribution in [1.29, 1.82) is 0 Å². The molecule has 168 valence electrons. The van der Waals surface area contributed by atoms with E-state index in [4.69, 9.17) is 11.6 Å². The predicted octanol–water partition coefficient (Wildman–Crippen LogP) is 5.30. The molecule has 4 aromatic rings. The summed E-state index contributed by atoms with van der Waals surface area (Å²) in [6.07, 6.45) is 6.95. The molecule has 4 rings (SSSR count). The molecule has 0 bridgehead atoms. The van der Waals surface area contributed by atoms with Crippen LogP contribution in [0.25, 0.3) is 17.1 Å². The molecule has 0 unspecified atom stereocenters. The lowest BCUT2D eigenvalue weighted by Gasteiger charge is -2.09. The second kappa shape index (κ2) is 10.9. The van der Waals surface area contributed by atoms with Gasteiger partial charge in [-0.3, -0.25) is 9.78 Å². The van der Waals surface area contributed by atoms with Gasteiger partial charge in [-0.05, 0) is 49.1 Å². The molecule has 2 aromatic heterocycles. The zero-order chi connectivity index (χ0) is 23.0. The van der Waals surface area contributed by atoms with Gasteiger partial charge < -0.3 is 5.32 Å². The molecule has 1 amide bonds. The number of hydrogen-bond donors (Lipinski definition) is 1. The summed E-state index contributed by atoms with van der Waals surface area (Å²) in [5.74, 6) is 1.25. The fourth-order valence-electron chi connectivity index (χ4n) is 3.59. The van der Waals surface area contributed by atoms with Crippen LogP contribution in [-0.4, -0.2) is 32.2 Å². The lowest BCUT2D eigenvalue weighted by atomic mass is 10.1. The van der Waals surface area contributed by atoms with Crippen LogP contribution in [0, 0.1) is 0 Å². The zero-order valence-electron chi connectivity index (χ0n) is 18.5. The van der Waals surface area contributed by atoms with E-state index in [9.17, 15) is 4.79 Å². The van der Waals surface area contributed by atoms with Gasteiger partial charge in [-0.15, -0.1) is 0 Å². The quantitative estimate of drug-likeness (QED) is 0.345. The average molecular weight is 460 g/mol.